The molecule has 1 amide bonds. The third-order valence-electron chi connectivity index (χ3n) is 2.14. The van der Waals surface area contributed by atoms with Gasteiger partial charge >= 0.3 is 0 Å². The van der Waals surface area contributed by atoms with Gasteiger partial charge in [-0.1, -0.05) is 11.6 Å². The first-order valence-corrected chi connectivity index (χ1v) is 6.27. The van der Waals surface area contributed by atoms with Crippen molar-refractivity contribution in [3.8, 4) is 0 Å². The Hall–Kier alpha value is -1.50. The van der Waals surface area contributed by atoms with Gasteiger partial charge in [-0.05, 0) is 18.2 Å². The number of nitrogens with one attached hydrogen (secondary N) is 1. The summed E-state index contributed by atoms with van der Waals surface area (Å²) in [5.41, 5.74) is 5.99. The lowest BCUT2D eigenvalue weighted by Crippen LogP contribution is -2.12. The summed E-state index contributed by atoms with van der Waals surface area (Å²) in [4.78, 5) is 15.8. The van der Waals surface area contributed by atoms with Gasteiger partial charge in [-0.25, -0.2) is 9.37 Å². The summed E-state index contributed by atoms with van der Waals surface area (Å²) in [5.74, 6) is -0.997. The Morgan fingerprint density at radius 2 is 2.33 bits per heavy atom. The minimum atomic E-state index is -0.588. The highest BCUT2D eigenvalue weighted by Gasteiger charge is 2.11. The number of rotatable bonds is 3. The van der Waals surface area contributed by atoms with E-state index in [0.29, 0.717) is 10.7 Å². The van der Waals surface area contributed by atoms with Crippen molar-refractivity contribution in [2.75, 3.05) is 5.32 Å². The van der Waals surface area contributed by atoms with Gasteiger partial charge in [0.1, 0.15) is 16.5 Å². The lowest BCUT2D eigenvalue weighted by Gasteiger charge is -2.03. The largest absolute Gasteiger partial charge is 0.325 e. The molecule has 0 aliphatic rings. The summed E-state index contributed by atoms with van der Waals surface area (Å²) in [6.07, 6.45) is 0. The molecule has 1 aromatic heterocycles. The fourth-order valence-corrected chi connectivity index (χ4v) is 2.05. The average molecular weight is 286 g/mol. The van der Waals surface area contributed by atoms with Crippen molar-refractivity contribution in [2.24, 2.45) is 5.73 Å². The lowest BCUT2D eigenvalue weighted by atomic mass is 10.3. The van der Waals surface area contributed by atoms with E-state index in [-0.39, 0.29) is 17.3 Å². The first-order chi connectivity index (χ1) is 8.60. The maximum absolute atomic E-state index is 13.2. The van der Waals surface area contributed by atoms with Crippen LogP contribution in [0.2, 0.25) is 5.02 Å². The molecule has 0 saturated carbocycles. The Balaban J connectivity index is 2.13. The van der Waals surface area contributed by atoms with Crippen LogP contribution in [0.5, 0.6) is 0 Å². The fraction of sp³-hybridized carbons (Fsp3) is 0.0909. The lowest BCUT2D eigenvalue weighted by molar-refractivity contribution is 0.102. The second-order valence-electron chi connectivity index (χ2n) is 3.41. The van der Waals surface area contributed by atoms with Gasteiger partial charge in [-0.3, -0.25) is 4.79 Å². The summed E-state index contributed by atoms with van der Waals surface area (Å²) >= 11 is 6.85. The van der Waals surface area contributed by atoms with Crippen molar-refractivity contribution < 1.29 is 9.18 Å². The summed E-state index contributed by atoms with van der Waals surface area (Å²) in [7, 11) is 0. The van der Waals surface area contributed by atoms with Crippen molar-refractivity contribution >= 4 is 34.5 Å². The van der Waals surface area contributed by atoms with Crippen LogP contribution in [0.4, 0.5) is 10.1 Å². The van der Waals surface area contributed by atoms with Crippen LogP contribution in [0.1, 0.15) is 15.5 Å². The summed E-state index contributed by atoms with van der Waals surface area (Å²) in [5, 5.41) is 4.81. The van der Waals surface area contributed by atoms with Gasteiger partial charge in [-0.15, -0.1) is 11.3 Å². The topological polar surface area (TPSA) is 68.0 Å². The van der Waals surface area contributed by atoms with Gasteiger partial charge < -0.3 is 11.1 Å². The van der Waals surface area contributed by atoms with E-state index >= 15 is 0 Å². The Morgan fingerprint density at radius 3 is 2.94 bits per heavy atom. The zero-order valence-electron chi connectivity index (χ0n) is 9.11. The molecule has 1 aromatic carbocycles. The highest BCUT2D eigenvalue weighted by atomic mass is 35.5. The van der Waals surface area contributed by atoms with Crippen LogP contribution in [0.3, 0.4) is 0 Å². The number of carbonyl (C=O) groups is 1. The number of hydrogen-bond acceptors (Lipinski definition) is 4. The smallest absolute Gasteiger partial charge is 0.275 e. The number of hydrogen-bond donors (Lipinski definition) is 2. The molecule has 0 bridgehead atoms. The Morgan fingerprint density at radius 1 is 1.56 bits per heavy atom. The number of nitrogens with two attached hydrogens (primary N) is 1. The van der Waals surface area contributed by atoms with Crippen LogP contribution < -0.4 is 11.1 Å². The van der Waals surface area contributed by atoms with E-state index in [9.17, 15) is 9.18 Å². The van der Waals surface area contributed by atoms with E-state index in [1.165, 1.54) is 23.5 Å². The number of carbonyl (C=O) groups excluding carboxylic acids is 1. The molecule has 0 atom stereocenters. The van der Waals surface area contributed by atoms with Crippen molar-refractivity contribution in [2.45, 2.75) is 6.54 Å². The van der Waals surface area contributed by atoms with Crippen LogP contribution in [-0.4, -0.2) is 10.9 Å². The molecular weight excluding hydrogens is 277 g/mol. The van der Waals surface area contributed by atoms with Crippen LogP contribution in [-0.2, 0) is 6.54 Å². The molecule has 0 saturated heterocycles. The first kappa shape index (κ1) is 12.9. The second kappa shape index (κ2) is 5.43. The zero-order valence-corrected chi connectivity index (χ0v) is 10.7. The first-order valence-electron chi connectivity index (χ1n) is 5.01. The third-order valence-corrected chi connectivity index (χ3v) is 3.31. The molecule has 94 valence electrons. The Bertz CT molecular complexity index is 587. The molecule has 0 aliphatic carbocycles. The summed E-state index contributed by atoms with van der Waals surface area (Å²) < 4.78 is 13.2. The maximum atomic E-state index is 13.2. The molecule has 3 N–H and O–H groups in total. The maximum Gasteiger partial charge on any atom is 0.275 e. The van der Waals surface area contributed by atoms with E-state index in [1.54, 1.807) is 5.38 Å². The predicted octanol–water partition coefficient (Wildman–Crippen LogP) is 2.65. The Kier molecular flexibility index (Phi) is 3.90. The van der Waals surface area contributed by atoms with E-state index < -0.39 is 11.7 Å². The third kappa shape index (κ3) is 2.84. The van der Waals surface area contributed by atoms with Crippen LogP contribution in [0.25, 0.3) is 0 Å². The minimum Gasteiger partial charge on any atom is -0.325 e. The van der Waals surface area contributed by atoms with Crippen LogP contribution in [0, 0.1) is 5.82 Å². The van der Waals surface area contributed by atoms with Crippen molar-refractivity contribution in [3.63, 3.8) is 0 Å². The monoisotopic (exact) mass is 285 g/mol. The van der Waals surface area contributed by atoms with Gasteiger partial charge in [0.2, 0.25) is 0 Å². The normalized spacial score (nSPS) is 10.4. The quantitative estimate of drug-likeness (QED) is 0.911. The molecule has 2 rings (SSSR count). The molecule has 2 aromatic rings. The number of nitrogens with zero attached hydrogens (tertiary/aromatic N) is 1. The molecule has 18 heavy (non-hydrogen) atoms. The Labute approximate surface area is 112 Å². The number of aromatic nitrogens is 1. The molecule has 0 spiro atoms. The van der Waals surface area contributed by atoms with Crippen LogP contribution >= 0.6 is 22.9 Å². The molecule has 0 unspecified atom stereocenters. The average Bonchev–Trinajstić information content (AvgIpc) is 2.82. The van der Waals surface area contributed by atoms with E-state index in [0.717, 1.165) is 6.07 Å². The van der Waals surface area contributed by atoms with Gasteiger partial charge in [-0.2, -0.15) is 0 Å². The number of thiazole rings is 1. The number of anilines is 1. The molecule has 1 heterocycles. The molecule has 0 radical (unpaired) electrons. The van der Waals surface area contributed by atoms with Gasteiger partial charge in [0.15, 0.2) is 0 Å². The van der Waals surface area contributed by atoms with Gasteiger partial charge in [0, 0.05) is 17.6 Å². The number of benzene rings is 1. The SMILES string of the molecule is NCc1nc(C(=O)Nc2ccc(Cl)c(F)c2)cs1. The van der Waals surface area contributed by atoms with Gasteiger partial charge in [0.25, 0.3) is 5.91 Å². The highest BCUT2D eigenvalue weighted by molar-refractivity contribution is 7.09. The number of amides is 1. The number of halogens is 2. The zero-order chi connectivity index (χ0) is 13.1. The van der Waals surface area contributed by atoms with Gasteiger partial charge in [0.05, 0.1) is 5.02 Å². The van der Waals surface area contributed by atoms with Crippen molar-refractivity contribution in [1.82, 2.24) is 4.98 Å². The van der Waals surface area contributed by atoms with Crippen molar-refractivity contribution in [3.05, 3.63) is 45.1 Å². The predicted molar refractivity (Wildman–Crippen MR) is 69.4 cm³/mol. The molecule has 0 fully saturated rings. The summed E-state index contributed by atoms with van der Waals surface area (Å²) in [6, 6.07) is 4.04. The van der Waals surface area contributed by atoms with E-state index in [4.69, 9.17) is 17.3 Å². The highest BCUT2D eigenvalue weighted by Crippen LogP contribution is 2.19. The molecular formula is C11H9ClFN3OS. The molecule has 0 aliphatic heterocycles. The molecule has 7 heteroatoms. The fourth-order valence-electron chi connectivity index (χ4n) is 1.28. The van der Waals surface area contributed by atoms with E-state index in [2.05, 4.69) is 10.3 Å². The molecule has 4 nitrogen and oxygen atoms in total. The summed E-state index contributed by atoms with van der Waals surface area (Å²) in [6.45, 7) is 0.285. The van der Waals surface area contributed by atoms with E-state index in [1.807, 2.05) is 0 Å². The van der Waals surface area contributed by atoms with Crippen LogP contribution in [0.15, 0.2) is 23.6 Å². The second-order valence-corrected chi connectivity index (χ2v) is 4.76. The minimum absolute atomic E-state index is 0.00655. The standard InChI is InChI=1S/C11H9ClFN3OS/c12-7-2-1-6(3-8(7)13)15-11(17)9-5-18-10(4-14)16-9/h1-3,5H,4,14H2,(H,15,17). The van der Waals surface area contributed by atoms with Crippen molar-refractivity contribution in [1.29, 1.82) is 0 Å².